The molecule has 3 saturated carbocycles. The summed E-state index contributed by atoms with van der Waals surface area (Å²) in [6.45, 7) is 14.9. The summed E-state index contributed by atoms with van der Waals surface area (Å²) in [4.78, 5) is 12.8. The van der Waals surface area contributed by atoms with Crippen molar-refractivity contribution in [1.82, 2.24) is 0 Å². The van der Waals surface area contributed by atoms with E-state index in [4.69, 9.17) is 4.74 Å². The van der Waals surface area contributed by atoms with Crippen molar-refractivity contribution in [1.29, 1.82) is 0 Å². The smallest absolute Gasteiger partial charge is 0.306 e. The summed E-state index contributed by atoms with van der Waals surface area (Å²) < 4.78 is 6.12. The van der Waals surface area contributed by atoms with E-state index in [1.807, 2.05) is 0 Å². The highest BCUT2D eigenvalue weighted by Gasteiger charge is 2.59. The lowest BCUT2D eigenvalue weighted by Crippen LogP contribution is -2.51. The molecule has 4 aliphatic carbocycles. The van der Waals surface area contributed by atoms with Crippen molar-refractivity contribution in [3.63, 3.8) is 0 Å². The molecule has 0 amide bonds. The highest BCUT2D eigenvalue weighted by molar-refractivity contribution is 5.69. The zero-order valence-electron chi connectivity index (χ0n) is 32.3. The van der Waals surface area contributed by atoms with Gasteiger partial charge in [0.05, 0.1) is 0 Å². The van der Waals surface area contributed by atoms with Gasteiger partial charge in [-0.05, 0) is 123 Å². The Labute approximate surface area is 293 Å². The number of hydrogen-bond donors (Lipinski definition) is 0. The van der Waals surface area contributed by atoms with Gasteiger partial charge >= 0.3 is 5.97 Å². The van der Waals surface area contributed by atoms with E-state index in [0.717, 1.165) is 61.2 Å². The van der Waals surface area contributed by atoms with Gasteiger partial charge in [0.25, 0.3) is 0 Å². The molecule has 270 valence electrons. The number of esters is 1. The van der Waals surface area contributed by atoms with E-state index >= 15 is 0 Å². The lowest BCUT2D eigenvalue weighted by molar-refractivity contribution is -0.151. The molecule has 0 aliphatic heterocycles. The fourth-order valence-electron chi connectivity index (χ4n) is 11.3. The molecular formula is C45H78O2. The number of carbonyl (C=O) groups excluding carboxylic acids is 1. The average molecular weight is 651 g/mol. The Morgan fingerprint density at radius 1 is 0.809 bits per heavy atom. The molecule has 0 aromatic carbocycles. The summed E-state index contributed by atoms with van der Waals surface area (Å²) in [6.07, 6.45) is 39.5. The maximum Gasteiger partial charge on any atom is 0.306 e. The predicted octanol–water partition coefficient (Wildman–Crippen LogP) is 14.0. The predicted molar refractivity (Wildman–Crippen MR) is 202 cm³/mol. The Balaban J connectivity index is 1.12. The monoisotopic (exact) mass is 651 g/mol. The number of carbonyl (C=O) groups is 1. The van der Waals surface area contributed by atoms with Gasteiger partial charge in [0.1, 0.15) is 6.10 Å². The Bertz CT molecular complexity index is 976. The summed E-state index contributed by atoms with van der Waals surface area (Å²) >= 11 is 0. The second-order valence-corrected chi connectivity index (χ2v) is 18.0. The van der Waals surface area contributed by atoms with Gasteiger partial charge in [-0.3, -0.25) is 4.79 Å². The van der Waals surface area contributed by atoms with E-state index in [0.29, 0.717) is 17.3 Å². The standard InChI is InChI=1S/C45H78O2/c1-7-8-9-10-11-12-13-14-15-16-17-18-19-20-21-25-43(46)47-38-30-32-44(5)37(34-38)26-27-39-41-29-28-40(36(4)24-22-23-35(2)3)45(41,6)33-31-42(39)44/h14-15,26,35-36,38-42H,7-13,16-25,27-34H2,1-6H3/b15-14+/t36-,38-,39-,40+,41-,42-,44-,45+/m1/s1. The second-order valence-electron chi connectivity index (χ2n) is 18.0. The summed E-state index contributed by atoms with van der Waals surface area (Å²) in [5, 5.41) is 0. The molecule has 2 heteroatoms. The third-order valence-corrected chi connectivity index (χ3v) is 14.2. The van der Waals surface area contributed by atoms with Crippen LogP contribution in [0.2, 0.25) is 0 Å². The molecule has 2 nitrogen and oxygen atoms in total. The molecule has 0 N–H and O–H groups in total. The fourth-order valence-corrected chi connectivity index (χ4v) is 11.3. The number of fused-ring (bicyclic) bond motifs is 5. The maximum atomic E-state index is 12.8. The number of hydrogen-bond acceptors (Lipinski definition) is 2. The van der Waals surface area contributed by atoms with E-state index in [1.54, 1.807) is 5.57 Å². The first kappa shape index (κ1) is 38.7. The Hall–Kier alpha value is -1.05. The number of rotatable bonds is 21. The van der Waals surface area contributed by atoms with Gasteiger partial charge in [0, 0.05) is 12.8 Å². The first-order valence-electron chi connectivity index (χ1n) is 21.2. The van der Waals surface area contributed by atoms with E-state index in [2.05, 4.69) is 59.8 Å². The van der Waals surface area contributed by atoms with E-state index < -0.39 is 0 Å². The van der Waals surface area contributed by atoms with Gasteiger partial charge in [-0.25, -0.2) is 0 Å². The number of unbranched alkanes of at least 4 members (excludes halogenated alkanes) is 11. The van der Waals surface area contributed by atoms with Crippen LogP contribution in [0.5, 0.6) is 0 Å². The van der Waals surface area contributed by atoms with Crippen LogP contribution in [0.1, 0.15) is 202 Å². The van der Waals surface area contributed by atoms with Crippen LogP contribution < -0.4 is 0 Å². The van der Waals surface area contributed by atoms with Crippen molar-refractivity contribution in [2.75, 3.05) is 0 Å². The van der Waals surface area contributed by atoms with Crippen LogP contribution in [0.4, 0.5) is 0 Å². The van der Waals surface area contributed by atoms with Crippen molar-refractivity contribution in [3.8, 4) is 0 Å². The molecule has 0 spiro atoms. The summed E-state index contributed by atoms with van der Waals surface area (Å²) in [5.74, 6) is 5.31. The van der Waals surface area contributed by atoms with Crippen LogP contribution in [-0.2, 0) is 9.53 Å². The number of allylic oxidation sites excluding steroid dienone is 3. The summed E-state index contributed by atoms with van der Waals surface area (Å²) in [7, 11) is 0. The average Bonchev–Trinajstić information content (AvgIpc) is 3.40. The summed E-state index contributed by atoms with van der Waals surface area (Å²) in [5.41, 5.74) is 2.53. The molecule has 0 saturated heterocycles. The van der Waals surface area contributed by atoms with Gasteiger partial charge in [-0.1, -0.05) is 136 Å². The lowest BCUT2D eigenvalue weighted by atomic mass is 9.47. The van der Waals surface area contributed by atoms with Crippen LogP contribution >= 0.6 is 0 Å². The Morgan fingerprint density at radius 2 is 1.49 bits per heavy atom. The third-order valence-electron chi connectivity index (χ3n) is 14.2. The minimum absolute atomic E-state index is 0.0541. The van der Waals surface area contributed by atoms with Gasteiger partial charge in [0.2, 0.25) is 0 Å². The van der Waals surface area contributed by atoms with Crippen LogP contribution in [0.3, 0.4) is 0 Å². The van der Waals surface area contributed by atoms with Crippen molar-refractivity contribution < 1.29 is 9.53 Å². The highest BCUT2D eigenvalue weighted by Crippen LogP contribution is 2.67. The molecule has 0 heterocycles. The fraction of sp³-hybridized carbons (Fsp3) is 0.889. The lowest BCUT2D eigenvalue weighted by Gasteiger charge is -2.58. The van der Waals surface area contributed by atoms with Crippen molar-refractivity contribution >= 4 is 5.97 Å². The maximum absolute atomic E-state index is 12.8. The van der Waals surface area contributed by atoms with Crippen LogP contribution in [0, 0.1) is 46.3 Å². The normalized spacial score (nSPS) is 32.6. The molecule has 0 aromatic heterocycles. The van der Waals surface area contributed by atoms with Gasteiger partial charge in [-0.15, -0.1) is 0 Å². The molecule has 0 radical (unpaired) electrons. The molecule has 4 aliphatic rings. The first-order valence-corrected chi connectivity index (χ1v) is 21.2. The van der Waals surface area contributed by atoms with Crippen molar-refractivity contribution in [2.45, 2.75) is 208 Å². The van der Waals surface area contributed by atoms with Crippen LogP contribution in [0.15, 0.2) is 23.8 Å². The topological polar surface area (TPSA) is 26.3 Å². The molecule has 0 bridgehead atoms. The molecular weight excluding hydrogens is 572 g/mol. The molecule has 8 atom stereocenters. The molecule has 4 rings (SSSR count). The zero-order chi connectivity index (χ0) is 33.7. The molecule has 0 aromatic rings. The quantitative estimate of drug-likeness (QED) is 0.0702. The van der Waals surface area contributed by atoms with E-state index in [-0.39, 0.29) is 12.1 Å². The molecule has 3 fully saturated rings. The highest BCUT2D eigenvalue weighted by atomic mass is 16.5. The van der Waals surface area contributed by atoms with E-state index in [1.165, 1.54) is 128 Å². The van der Waals surface area contributed by atoms with Gasteiger partial charge < -0.3 is 4.74 Å². The van der Waals surface area contributed by atoms with Crippen LogP contribution in [-0.4, -0.2) is 12.1 Å². The van der Waals surface area contributed by atoms with Gasteiger partial charge in [-0.2, -0.15) is 0 Å². The van der Waals surface area contributed by atoms with Gasteiger partial charge in [0.15, 0.2) is 0 Å². The van der Waals surface area contributed by atoms with Crippen molar-refractivity contribution in [2.24, 2.45) is 46.3 Å². The minimum atomic E-state index is 0.0541. The molecule has 0 unspecified atom stereocenters. The third kappa shape index (κ3) is 10.7. The summed E-state index contributed by atoms with van der Waals surface area (Å²) in [6, 6.07) is 0. The SMILES string of the molecule is CCCCCCCC/C=C/CCCCCCCC(=O)O[C@@H]1CC[C@]2(C)C(=CC[C@@H]3[C@H]4CC[C@@H]([C@H](C)CCCC(C)C)[C@]4(C)CC[C@H]32)C1. The van der Waals surface area contributed by atoms with Crippen molar-refractivity contribution in [3.05, 3.63) is 23.8 Å². The second kappa shape index (κ2) is 19.4. The van der Waals surface area contributed by atoms with Crippen LogP contribution in [0.25, 0.3) is 0 Å². The Kier molecular flexibility index (Phi) is 16.0. The van der Waals surface area contributed by atoms with E-state index in [9.17, 15) is 4.79 Å². The number of ether oxygens (including phenoxy) is 1. The Morgan fingerprint density at radius 3 is 2.19 bits per heavy atom. The molecule has 47 heavy (non-hydrogen) atoms. The largest absolute Gasteiger partial charge is 0.462 e. The first-order chi connectivity index (χ1) is 22.7. The zero-order valence-corrected chi connectivity index (χ0v) is 32.3. The minimum Gasteiger partial charge on any atom is -0.462 e.